The fourth-order valence-corrected chi connectivity index (χ4v) is 3.33. The minimum atomic E-state index is 0.178. The van der Waals surface area contributed by atoms with Crippen LogP contribution in [0.15, 0.2) is 29.8 Å². The second-order valence-corrected chi connectivity index (χ2v) is 7.33. The van der Waals surface area contributed by atoms with E-state index < -0.39 is 0 Å². The first-order valence-corrected chi connectivity index (χ1v) is 8.00. The standard InChI is InChI=1S/C17H21IO/c1-17(2,3)13-10-8-12(9-11-13)16(18)14-6-4-5-7-15(14)19/h8-11H,4-7H2,1-3H3/b16-14+. The average Bonchev–Trinajstić information content (AvgIpc) is 2.38. The summed E-state index contributed by atoms with van der Waals surface area (Å²) in [5, 5.41) is 0. The lowest BCUT2D eigenvalue weighted by Gasteiger charge is -2.20. The molecule has 0 atom stereocenters. The van der Waals surface area contributed by atoms with E-state index >= 15 is 0 Å². The van der Waals surface area contributed by atoms with Crippen molar-refractivity contribution in [3.8, 4) is 0 Å². The first-order chi connectivity index (χ1) is 8.89. The Hall–Kier alpha value is -0.640. The third kappa shape index (κ3) is 3.47. The summed E-state index contributed by atoms with van der Waals surface area (Å²) in [4.78, 5) is 12.0. The zero-order chi connectivity index (χ0) is 14.0. The summed E-state index contributed by atoms with van der Waals surface area (Å²) in [7, 11) is 0. The highest BCUT2D eigenvalue weighted by Gasteiger charge is 2.19. The SMILES string of the molecule is CC(C)(C)c1ccc(/C(I)=C2/CCCCC2=O)cc1. The number of benzene rings is 1. The zero-order valence-corrected chi connectivity index (χ0v) is 14.1. The molecule has 1 aliphatic carbocycles. The summed E-state index contributed by atoms with van der Waals surface area (Å²) >= 11 is 2.33. The number of carbonyl (C=O) groups is 1. The second-order valence-electron chi connectivity index (χ2n) is 6.25. The van der Waals surface area contributed by atoms with E-state index in [4.69, 9.17) is 0 Å². The third-order valence-corrected chi connectivity index (χ3v) is 4.96. The van der Waals surface area contributed by atoms with Gasteiger partial charge in [-0.3, -0.25) is 4.79 Å². The molecule has 2 rings (SSSR count). The molecule has 0 N–H and O–H groups in total. The van der Waals surface area contributed by atoms with Crippen LogP contribution in [0.25, 0.3) is 3.58 Å². The summed E-state index contributed by atoms with van der Waals surface area (Å²) in [6.45, 7) is 6.66. The van der Waals surface area contributed by atoms with Gasteiger partial charge in [0.1, 0.15) is 0 Å². The van der Waals surface area contributed by atoms with Crippen LogP contribution in [0.5, 0.6) is 0 Å². The zero-order valence-electron chi connectivity index (χ0n) is 11.9. The van der Waals surface area contributed by atoms with Gasteiger partial charge in [-0.1, -0.05) is 45.0 Å². The van der Waals surface area contributed by atoms with E-state index in [9.17, 15) is 4.79 Å². The van der Waals surface area contributed by atoms with E-state index in [-0.39, 0.29) is 5.41 Å². The number of rotatable bonds is 1. The number of hydrogen-bond acceptors (Lipinski definition) is 1. The van der Waals surface area contributed by atoms with Crippen molar-refractivity contribution in [3.05, 3.63) is 41.0 Å². The monoisotopic (exact) mass is 368 g/mol. The van der Waals surface area contributed by atoms with Crippen molar-refractivity contribution in [2.45, 2.75) is 51.9 Å². The van der Waals surface area contributed by atoms with Crippen LogP contribution in [-0.2, 0) is 10.2 Å². The van der Waals surface area contributed by atoms with Crippen LogP contribution in [0, 0.1) is 0 Å². The van der Waals surface area contributed by atoms with Crippen LogP contribution in [0.3, 0.4) is 0 Å². The van der Waals surface area contributed by atoms with Crippen molar-refractivity contribution in [1.82, 2.24) is 0 Å². The fraction of sp³-hybridized carbons (Fsp3) is 0.471. The van der Waals surface area contributed by atoms with Crippen LogP contribution >= 0.6 is 22.6 Å². The smallest absolute Gasteiger partial charge is 0.159 e. The molecule has 0 radical (unpaired) electrons. The number of carbonyl (C=O) groups excluding carboxylic acids is 1. The molecule has 1 fully saturated rings. The lowest BCUT2D eigenvalue weighted by molar-refractivity contribution is -0.116. The molecular weight excluding hydrogens is 347 g/mol. The topological polar surface area (TPSA) is 17.1 Å². The molecule has 1 saturated carbocycles. The van der Waals surface area contributed by atoms with Crippen LogP contribution in [-0.4, -0.2) is 5.78 Å². The lowest BCUT2D eigenvalue weighted by atomic mass is 9.86. The minimum Gasteiger partial charge on any atom is -0.295 e. The number of ketones is 1. The molecule has 1 aromatic carbocycles. The van der Waals surface area contributed by atoms with Crippen molar-refractivity contribution in [2.75, 3.05) is 0 Å². The Morgan fingerprint density at radius 3 is 2.16 bits per heavy atom. The van der Waals surface area contributed by atoms with Gasteiger partial charge in [-0.15, -0.1) is 0 Å². The number of hydrogen-bond donors (Lipinski definition) is 0. The Morgan fingerprint density at radius 1 is 1.05 bits per heavy atom. The maximum Gasteiger partial charge on any atom is 0.159 e. The average molecular weight is 368 g/mol. The first-order valence-electron chi connectivity index (χ1n) is 6.92. The molecule has 0 aromatic heterocycles. The van der Waals surface area contributed by atoms with Crippen LogP contribution in [0.1, 0.15) is 57.6 Å². The van der Waals surface area contributed by atoms with Gasteiger partial charge < -0.3 is 0 Å². The number of allylic oxidation sites excluding steroid dienone is 1. The molecule has 102 valence electrons. The van der Waals surface area contributed by atoms with Gasteiger partial charge in [-0.05, 0) is 58.4 Å². The quantitative estimate of drug-likeness (QED) is 0.487. The Kier molecular flexibility index (Phi) is 4.49. The third-order valence-electron chi connectivity index (χ3n) is 3.69. The molecule has 0 saturated heterocycles. The Bertz CT molecular complexity index is 503. The maximum atomic E-state index is 12.0. The molecule has 0 heterocycles. The Balaban J connectivity index is 2.31. The molecule has 1 nitrogen and oxygen atoms in total. The Labute approximate surface area is 129 Å². The molecule has 0 amide bonds. The molecule has 0 aliphatic heterocycles. The Morgan fingerprint density at radius 2 is 1.63 bits per heavy atom. The van der Waals surface area contributed by atoms with Gasteiger partial charge in [-0.25, -0.2) is 0 Å². The van der Waals surface area contributed by atoms with E-state index in [1.807, 2.05) is 0 Å². The van der Waals surface area contributed by atoms with Gasteiger partial charge in [0, 0.05) is 15.6 Å². The van der Waals surface area contributed by atoms with Crippen LogP contribution < -0.4 is 0 Å². The van der Waals surface area contributed by atoms with Gasteiger partial charge in [0.25, 0.3) is 0 Å². The van der Waals surface area contributed by atoms with Gasteiger partial charge in [0.2, 0.25) is 0 Å². The second kappa shape index (κ2) is 5.78. The van der Waals surface area contributed by atoms with Gasteiger partial charge in [-0.2, -0.15) is 0 Å². The van der Waals surface area contributed by atoms with Crippen molar-refractivity contribution in [1.29, 1.82) is 0 Å². The molecule has 1 aliphatic rings. The van der Waals surface area contributed by atoms with Crippen LogP contribution in [0.2, 0.25) is 0 Å². The predicted molar refractivity (Wildman–Crippen MR) is 89.6 cm³/mol. The normalized spacial score (nSPS) is 19.5. The molecular formula is C17H21IO. The molecule has 0 bridgehead atoms. The van der Waals surface area contributed by atoms with E-state index in [0.29, 0.717) is 5.78 Å². The largest absolute Gasteiger partial charge is 0.295 e. The van der Waals surface area contributed by atoms with E-state index in [2.05, 4.69) is 67.6 Å². The van der Waals surface area contributed by atoms with Gasteiger partial charge in [0.05, 0.1) is 0 Å². The first kappa shape index (κ1) is 14.8. The van der Waals surface area contributed by atoms with E-state index in [1.54, 1.807) is 0 Å². The van der Waals surface area contributed by atoms with Gasteiger partial charge >= 0.3 is 0 Å². The molecule has 19 heavy (non-hydrogen) atoms. The summed E-state index contributed by atoms with van der Waals surface area (Å²) < 4.78 is 1.14. The summed E-state index contributed by atoms with van der Waals surface area (Å²) in [6.07, 6.45) is 3.86. The highest BCUT2D eigenvalue weighted by Crippen LogP contribution is 2.33. The van der Waals surface area contributed by atoms with Crippen molar-refractivity contribution >= 4 is 32.0 Å². The summed E-state index contributed by atoms with van der Waals surface area (Å²) in [5.41, 5.74) is 3.73. The van der Waals surface area contributed by atoms with E-state index in [0.717, 1.165) is 34.8 Å². The highest BCUT2D eigenvalue weighted by molar-refractivity contribution is 14.1. The number of halogens is 1. The summed E-state index contributed by atoms with van der Waals surface area (Å²) in [5.74, 6) is 0.343. The number of Topliss-reactive ketones (excluding diaryl/α,β-unsaturated/α-hetero) is 1. The minimum absolute atomic E-state index is 0.178. The highest BCUT2D eigenvalue weighted by atomic mass is 127. The lowest BCUT2D eigenvalue weighted by Crippen LogP contribution is -2.11. The van der Waals surface area contributed by atoms with E-state index in [1.165, 1.54) is 11.1 Å². The molecule has 1 aromatic rings. The van der Waals surface area contributed by atoms with Gasteiger partial charge in [0.15, 0.2) is 5.78 Å². The predicted octanol–water partition coefficient (Wildman–Crippen LogP) is 5.27. The molecule has 0 spiro atoms. The van der Waals surface area contributed by atoms with Crippen molar-refractivity contribution in [3.63, 3.8) is 0 Å². The fourth-order valence-electron chi connectivity index (χ4n) is 2.40. The van der Waals surface area contributed by atoms with Crippen molar-refractivity contribution in [2.24, 2.45) is 0 Å². The van der Waals surface area contributed by atoms with Crippen molar-refractivity contribution < 1.29 is 4.79 Å². The summed E-state index contributed by atoms with van der Waals surface area (Å²) in [6, 6.07) is 8.66. The molecule has 0 unspecified atom stereocenters. The van der Waals surface area contributed by atoms with Crippen LogP contribution in [0.4, 0.5) is 0 Å². The molecule has 2 heteroatoms. The maximum absolute atomic E-state index is 12.0.